The number of rotatable bonds is 5. The third kappa shape index (κ3) is 3.68. The van der Waals surface area contributed by atoms with E-state index in [1.54, 1.807) is 16.3 Å². The highest BCUT2D eigenvalue weighted by molar-refractivity contribution is 7.13. The number of benzene rings is 2. The molecular weight excluding hydrogens is 323 g/mol. The minimum absolute atomic E-state index is 0.139. The summed E-state index contributed by atoms with van der Waals surface area (Å²) < 4.78 is 13.3. The average Bonchev–Trinajstić information content (AvgIpc) is 3.10. The molecular formula is C19H17FN2OS. The monoisotopic (exact) mass is 340 g/mol. The summed E-state index contributed by atoms with van der Waals surface area (Å²) in [4.78, 5) is 18.8. The van der Waals surface area contributed by atoms with Gasteiger partial charge in [0.15, 0.2) is 0 Å². The molecule has 24 heavy (non-hydrogen) atoms. The second kappa shape index (κ2) is 7.36. The van der Waals surface area contributed by atoms with Gasteiger partial charge in [0.05, 0.1) is 0 Å². The molecule has 1 heterocycles. The van der Waals surface area contributed by atoms with Gasteiger partial charge in [-0.15, -0.1) is 11.3 Å². The van der Waals surface area contributed by atoms with Crippen LogP contribution in [0.5, 0.6) is 0 Å². The van der Waals surface area contributed by atoms with Gasteiger partial charge in [-0.05, 0) is 24.6 Å². The van der Waals surface area contributed by atoms with Gasteiger partial charge in [0.1, 0.15) is 16.5 Å². The van der Waals surface area contributed by atoms with Crippen LogP contribution in [-0.2, 0) is 6.54 Å². The lowest BCUT2D eigenvalue weighted by molar-refractivity contribution is 0.0747. The number of thiazole rings is 1. The Balaban J connectivity index is 1.78. The van der Waals surface area contributed by atoms with Crippen molar-refractivity contribution < 1.29 is 9.18 Å². The van der Waals surface area contributed by atoms with Gasteiger partial charge >= 0.3 is 0 Å². The van der Waals surface area contributed by atoms with Gasteiger partial charge in [0, 0.05) is 24.0 Å². The van der Waals surface area contributed by atoms with Crippen molar-refractivity contribution in [1.82, 2.24) is 9.88 Å². The fourth-order valence-electron chi connectivity index (χ4n) is 2.43. The predicted molar refractivity (Wildman–Crippen MR) is 94.4 cm³/mol. The van der Waals surface area contributed by atoms with Crippen molar-refractivity contribution in [2.75, 3.05) is 6.54 Å². The van der Waals surface area contributed by atoms with Crippen LogP contribution in [0.15, 0.2) is 60.0 Å². The van der Waals surface area contributed by atoms with Crippen molar-refractivity contribution in [3.05, 3.63) is 77.1 Å². The SMILES string of the molecule is CCN(Cc1cccc(F)c1)C(=O)c1csc(-c2ccccc2)n1. The van der Waals surface area contributed by atoms with Gasteiger partial charge < -0.3 is 4.90 Å². The minimum atomic E-state index is -0.295. The molecule has 5 heteroatoms. The topological polar surface area (TPSA) is 33.2 Å². The Morgan fingerprint density at radius 1 is 1.17 bits per heavy atom. The molecule has 0 aliphatic heterocycles. The molecule has 3 nitrogen and oxygen atoms in total. The third-order valence-electron chi connectivity index (χ3n) is 3.68. The molecule has 1 amide bonds. The molecule has 2 aromatic carbocycles. The second-order valence-electron chi connectivity index (χ2n) is 5.35. The first-order chi connectivity index (χ1) is 11.7. The number of hydrogen-bond acceptors (Lipinski definition) is 3. The van der Waals surface area contributed by atoms with Gasteiger partial charge in [-0.2, -0.15) is 0 Å². The van der Waals surface area contributed by atoms with Crippen LogP contribution in [0, 0.1) is 5.82 Å². The van der Waals surface area contributed by atoms with E-state index < -0.39 is 0 Å². The minimum Gasteiger partial charge on any atom is -0.333 e. The van der Waals surface area contributed by atoms with E-state index in [0.717, 1.165) is 16.1 Å². The molecule has 3 aromatic rings. The summed E-state index contributed by atoms with van der Waals surface area (Å²) in [5, 5.41) is 2.60. The third-order valence-corrected chi connectivity index (χ3v) is 4.57. The summed E-state index contributed by atoms with van der Waals surface area (Å²) in [7, 11) is 0. The Bertz CT molecular complexity index is 832. The van der Waals surface area contributed by atoms with Crippen LogP contribution < -0.4 is 0 Å². The van der Waals surface area contributed by atoms with Crippen molar-refractivity contribution in [3.63, 3.8) is 0 Å². The van der Waals surface area contributed by atoms with Crippen molar-refractivity contribution in [3.8, 4) is 10.6 Å². The van der Waals surface area contributed by atoms with E-state index >= 15 is 0 Å². The molecule has 0 bridgehead atoms. The summed E-state index contributed by atoms with van der Waals surface area (Å²) >= 11 is 1.45. The zero-order chi connectivity index (χ0) is 16.9. The molecule has 3 rings (SSSR count). The van der Waals surface area contributed by atoms with Crippen LogP contribution in [0.4, 0.5) is 4.39 Å². The van der Waals surface area contributed by atoms with Crippen molar-refractivity contribution >= 4 is 17.2 Å². The van der Waals surface area contributed by atoms with E-state index in [-0.39, 0.29) is 11.7 Å². The standard InChI is InChI=1S/C19H17FN2OS/c1-2-22(12-14-7-6-10-16(20)11-14)19(23)17-13-24-18(21-17)15-8-4-3-5-9-15/h3-11,13H,2,12H2,1H3. The Morgan fingerprint density at radius 3 is 2.67 bits per heavy atom. The van der Waals surface area contributed by atoms with Crippen molar-refractivity contribution in [1.29, 1.82) is 0 Å². The summed E-state index contributed by atoms with van der Waals surface area (Å²) in [5.41, 5.74) is 2.19. The van der Waals surface area contributed by atoms with Crippen molar-refractivity contribution in [2.24, 2.45) is 0 Å². The van der Waals surface area contributed by atoms with Crippen LogP contribution in [0.3, 0.4) is 0 Å². The summed E-state index contributed by atoms with van der Waals surface area (Å²) in [6.07, 6.45) is 0. The molecule has 0 aliphatic carbocycles. The number of nitrogens with zero attached hydrogens (tertiary/aromatic N) is 2. The molecule has 122 valence electrons. The lowest BCUT2D eigenvalue weighted by Crippen LogP contribution is -2.30. The van der Waals surface area contributed by atoms with Crippen LogP contribution in [0.25, 0.3) is 10.6 Å². The van der Waals surface area contributed by atoms with E-state index in [0.29, 0.717) is 18.8 Å². The normalized spacial score (nSPS) is 10.6. The van der Waals surface area contributed by atoms with Gasteiger partial charge in [0.25, 0.3) is 5.91 Å². The number of halogens is 1. The Kier molecular flexibility index (Phi) is 5.01. The Labute approximate surface area is 144 Å². The van der Waals surface area contributed by atoms with Crippen LogP contribution in [-0.4, -0.2) is 22.3 Å². The highest BCUT2D eigenvalue weighted by Crippen LogP contribution is 2.24. The molecule has 0 aliphatic rings. The first-order valence-corrected chi connectivity index (χ1v) is 8.60. The van der Waals surface area contributed by atoms with Crippen LogP contribution >= 0.6 is 11.3 Å². The fraction of sp³-hybridized carbons (Fsp3) is 0.158. The fourth-order valence-corrected chi connectivity index (χ4v) is 3.23. The van der Waals surface area contributed by atoms with Gasteiger partial charge in [-0.3, -0.25) is 4.79 Å². The smallest absolute Gasteiger partial charge is 0.273 e. The molecule has 0 saturated heterocycles. The highest BCUT2D eigenvalue weighted by atomic mass is 32.1. The van der Waals surface area contributed by atoms with E-state index in [2.05, 4.69) is 4.98 Å². The number of aromatic nitrogens is 1. The number of amides is 1. The summed E-state index contributed by atoms with van der Waals surface area (Å²) in [6, 6.07) is 16.1. The second-order valence-corrected chi connectivity index (χ2v) is 6.21. The average molecular weight is 340 g/mol. The molecule has 0 N–H and O–H groups in total. The van der Waals surface area contributed by atoms with Crippen molar-refractivity contribution in [2.45, 2.75) is 13.5 Å². The largest absolute Gasteiger partial charge is 0.333 e. The molecule has 0 saturated carbocycles. The maximum Gasteiger partial charge on any atom is 0.273 e. The molecule has 0 spiro atoms. The van der Waals surface area contributed by atoms with Gasteiger partial charge in [-0.1, -0.05) is 42.5 Å². The van der Waals surface area contributed by atoms with E-state index in [1.165, 1.54) is 23.5 Å². The molecule has 0 unspecified atom stereocenters. The molecule has 1 aromatic heterocycles. The number of hydrogen-bond donors (Lipinski definition) is 0. The maximum atomic E-state index is 13.3. The van der Waals surface area contributed by atoms with Gasteiger partial charge in [0.2, 0.25) is 0 Å². The Morgan fingerprint density at radius 2 is 1.96 bits per heavy atom. The van der Waals surface area contributed by atoms with E-state index in [4.69, 9.17) is 0 Å². The van der Waals surface area contributed by atoms with Crippen LogP contribution in [0.1, 0.15) is 23.0 Å². The Hall–Kier alpha value is -2.53. The zero-order valence-electron chi connectivity index (χ0n) is 13.3. The molecule has 0 radical (unpaired) electrons. The first kappa shape index (κ1) is 16.3. The lowest BCUT2D eigenvalue weighted by Gasteiger charge is -2.20. The summed E-state index contributed by atoms with van der Waals surface area (Å²) in [6.45, 7) is 2.81. The van der Waals surface area contributed by atoms with Gasteiger partial charge in [-0.25, -0.2) is 9.37 Å². The molecule has 0 fully saturated rings. The lowest BCUT2D eigenvalue weighted by atomic mass is 10.2. The van der Waals surface area contributed by atoms with E-state index in [1.807, 2.05) is 43.3 Å². The highest BCUT2D eigenvalue weighted by Gasteiger charge is 2.18. The zero-order valence-corrected chi connectivity index (χ0v) is 14.1. The number of carbonyl (C=O) groups excluding carboxylic acids is 1. The quantitative estimate of drug-likeness (QED) is 0.679. The summed E-state index contributed by atoms with van der Waals surface area (Å²) in [5.74, 6) is -0.434. The molecule has 0 atom stereocenters. The number of carbonyl (C=O) groups is 1. The first-order valence-electron chi connectivity index (χ1n) is 7.72. The predicted octanol–water partition coefficient (Wildman–Crippen LogP) is 4.61. The van der Waals surface area contributed by atoms with Crippen LogP contribution in [0.2, 0.25) is 0 Å². The van der Waals surface area contributed by atoms with E-state index in [9.17, 15) is 9.18 Å². The maximum absolute atomic E-state index is 13.3.